The normalized spacial score (nSPS) is 10.6. The molecule has 136 valence electrons. The molecule has 0 aliphatic rings. The Morgan fingerprint density at radius 2 is 1.96 bits per heavy atom. The van der Waals surface area contributed by atoms with Gasteiger partial charge in [-0.1, -0.05) is 0 Å². The molecule has 0 fully saturated rings. The summed E-state index contributed by atoms with van der Waals surface area (Å²) in [6, 6.07) is 5.24. The number of carbonyl (C=O) groups is 1. The fourth-order valence-electron chi connectivity index (χ4n) is 2.35. The molecule has 0 unspecified atom stereocenters. The van der Waals surface area contributed by atoms with Crippen molar-refractivity contribution in [1.29, 1.82) is 0 Å². The van der Waals surface area contributed by atoms with Crippen LogP contribution in [0, 0.1) is 6.92 Å². The summed E-state index contributed by atoms with van der Waals surface area (Å²) in [5, 5.41) is 7.29. The number of carbonyl (C=O) groups excluding carboxylic acids is 1. The smallest absolute Gasteiger partial charge is 0.251 e. The van der Waals surface area contributed by atoms with Crippen molar-refractivity contribution in [2.45, 2.75) is 33.7 Å². The number of nitrogens with one attached hydrogen (secondary N) is 1. The van der Waals surface area contributed by atoms with Gasteiger partial charge < -0.3 is 14.8 Å². The van der Waals surface area contributed by atoms with E-state index in [2.05, 4.69) is 26.3 Å². The first-order valence-corrected chi connectivity index (χ1v) is 9.21. The lowest BCUT2D eigenvalue weighted by atomic mass is 10.2. The van der Waals surface area contributed by atoms with Crippen LogP contribution < -0.4 is 14.8 Å². The molecule has 1 N–H and O–H groups in total. The topological polar surface area (TPSA) is 65.4 Å². The number of halogens is 1. The largest absolute Gasteiger partial charge is 0.490 e. The van der Waals surface area contributed by atoms with E-state index in [1.807, 2.05) is 31.6 Å². The van der Waals surface area contributed by atoms with Crippen LogP contribution in [0.4, 0.5) is 0 Å². The lowest BCUT2D eigenvalue weighted by Gasteiger charge is -2.12. The van der Waals surface area contributed by atoms with Gasteiger partial charge in [0.15, 0.2) is 11.5 Å². The van der Waals surface area contributed by atoms with E-state index in [4.69, 9.17) is 9.47 Å². The minimum Gasteiger partial charge on any atom is -0.490 e. The Hall–Kier alpha value is -2.02. The van der Waals surface area contributed by atoms with E-state index in [0.717, 1.165) is 23.1 Å². The quantitative estimate of drug-likeness (QED) is 0.642. The van der Waals surface area contributed by atoms with Gasteiger partial charge >= 0.3 is 0 Å². The van der Waals surface area contributed by atoms with Crippen LogP contribution in [0.25, 0.3) is 0 Å². The van der Waals surface area contributed by atoms with Crippen LogP contribution >= 0.6 is 15.9 Å². The van der Waals surface area contributed by atoms with Crippen LogP contribution in [0.5, 0.6) is 11.5 Å². The first-order valence-electron chi connectivity index (χ1n) is 8.42. The van der Waals surface area contributed by atoms with Gasteiger partial charge in [-0.05, 0) is 61.3 Å². The monoisotopic (exact) mass is 409 g/mol. The van der Waals surface area contributed by atoms with Crippen LogP contribution in [0.2, 0.25) is 0 Å². The third-order valence-corrected chi connectivity index (χ3v) is 4.32. The minimum absolute atomic E-state index is 0.123. The van der Waals surface area contributed by atoms with Gasteiger partial charge in [-0.25, -0.2) is 0 Å². The molecule has 0 bridgehead atoms. The molecule has 0 saturated heterocycles. The molecule has 2 aromatic rings. The van der Waals surface area contributed by atoms with Crippen molar-refractivity contribution in [1.82, 2.24) is 15.1 Å². The Morgan fingerprint density at radius 3 is 2.60 bits per heavy atom. The van der Waals surface area contributed by atoms with E-state index in [1.165, 1.54) is 0 Å². The molecule has 1 aromatic carbocycles. The second kappa shape index (κ2) is 9.46. The molecule has 0 radical (unpaired) electrons. The number of rotatable bonds is 9. The van der Waals surface area contributed by atoms with Crippen LogP contribution in [0.15, 0.2) is 28.9 Å². The summed E-state index contributed by atoms with van der Waals surface area (Å²) in [5.41, 5.74) is 1.52. The van der Waals surface area contributed by atoms with Crippen molar-refractivity contribution >= 4 is 21.8 Å². The van der Waals surface area contributed by atoms with Gasteiger partial charge in [0.1, 0.15) is 0 Å². The van der Waals surface area contributed by atoms with Crippen molar-refractivity contribution < 1.29 is 14.3 Å². The molecule has 0 atom stereocenters. The SMILES string of the molecule is CCOc1ccc(C(=O)NCCCn2cc(Br)c(C)n2)cc1OCC. The van der Waals surface area contributed by atoms with Gasteiger partial charge in [-0.15, -0.1) is 0 Å². The van der Waals surface area contributed by atoms with Gasteiger partial charge in [-0.2, -0.15) is 5.10 Å². The van der Waals surface area contributed by atoms with Crippen LogP contribution in [0.3, 0.4) is 0 Å². The van der Waals surface area contributed by atoms with Crippen LogP contribution in [-0.2, 0) is 6.54 Å². The zero-order chi connectivity index (χ0) is 18.2. The van der Waals surface area contributed by atoms with Gasteiger partial charge in [0.2, 0.25) is 0 Å². The maximum Gasteiger partial charge on any atom is 0.251 e. The van der Waals surface area contributed by atoms with Gasteiger partial charge in [0.25, 0.3) is 5.91 Å². The number of aromatic nitrogens is 2. The molecule has 1 amide bonds. The molecule has 7 heteroatoms. The predicted octanol–water partition coefficient (Wildman–Crippen LogP) is 3.57. The van der Waals surface area contributed by atoms with Gasteiger partial charge in [0, 0.05) is 24.8 Å². The summed E-state index contributed by atoms with van der Waals surface area (Å²) >= 11 is 3.44. The molecule has 0 spiro atoms. The predicted molar refractivity (Wildman–Crippen MR) is 100 cm³/mol. The minimum atomic E-state index is -0.123. The third kappa shape index (κ3) is 5.49. The van der Waals surface area contributed by atoms with Gasteiger partial charge in [0.05, 0.1) is 23.4 Å². The molecule has 6 nitrogen and oxygen atoms in total. The fourth-order valence-corrected chi connectivity index (χ4v) is 2.66. The third-order valence-electron chi connectivity index (χ3n) is 3.54. The number of ether oxygens (including phenoxy) is 2. The van der Waals surface area contributed by atoms with Crippen molar-refractivity contribution in [3.63, 3.8) is 0 Å². The zero-order valence-electron chi connectivity index (χ0n) is 14.8. The fraction of sp³-hybridized carbons (Fsp3) is 0.444. The number of hydrogen-bond acceptors (Lipinski definition) is 4. The second-order valence-electron chi connectivity index (χ2n) is 5.46. The highest BCUT2D eigenvalue weighted by Gasteiger charge is 2.11. The van der Waals surface area contributed by atoms with E-state index < -0.39 is 0 Å². The summed E-state index contributed by atoms with van der Waals surface area (Å²) in [4.78, 5) is 12.3. The Labute approximate surface area is 156 Å². The molecule has 0 saturated carbocycles. The maximum atomic E-state index is 12.3. The number of benzene rings is 1. The molecule has 1 heterocycles. The standard InChI is InChI=1S/C18H24BrN3O3/c1-4-24-16-8-7-14(11-17(16)25-5-2)18(23)20-9-6-10-22-12-15(19)13(3)21-22/h7-8,11-12H,4-6,9-10H2,1-3H3,(H,20,23). The van der Waals surface area contributed by atoms with E-state index in [-0.39, 0.29) is 5.91 Å². The highest BCUT2D eigenvalue weighted by molar-refractivity contribution is 9.10. The highest BCUT2D eigenvalue weighted by Crippen LogP contribution is 2.28. The average Bonchev–Trinajstić information content (AvgIpc) is 2.91. The summed E-state index contributed by atoms with van der Waals surface area (Å²) in [7, 11) is 0. The van der Waals surface area contributed by atoms with E-state index in [1.54, 1.807) is 18.2 Å². The number of amides is 1. The van der Waals surface area contributed by atoms with E-state index in [9.17, 15) is 4.79 Å². The summed E-state index contributed by atoms with van der Waals surface area (Å²) in [6.07, 6.45) is 2.74. The van der Waals surface area contributed by atoms with E-state index >= 15 is 0 Å². The molecule has 2 rings (SSSR count). The van der Waals surface area contributed by atoms with Crippen LogP contribution in [0.1, 0.15) is 36.3 Å². The van der Waals surface area contributed by atoms with E-state index in [0.29, 0.717) is 36.8 Å². The summed E-state index contributed by atoms with van der Waals surface area (Å²) in [5.74, 6) is 1.12. The van der Waals surface area contributed by atoms with Crippen molar-refractivity contribution in [2.75, 3.05) is 19.8 Å². The Bertz CT molecular complexity index is 696. The lowest BCUT2D eigenvalue weighted by molar-refractivity contribution is 0.0952. The molecule has 1 aromatic heterocycles. The molecular formula is C18H24BrN3O3. The lowest BCUT2D eigenvalue weighted by Crippen LogP contribution is -2.25. The number of hydrogen-bond donors (Lipinski definition) is 1. The summed E-state index contributed by atoms with van der Waals surface area (Å²) in [6.45, 7) is 8.16. The molecule has 0 aliphatic carbocycles. The highest BCUT2D eigenvalue weighted by atomic mass is 79.9. The molecular weight excluding hydrogens is 386 g/mol. The number of aryl methyl sites for hydroxylation is 2. The number of nitrogens with zero attached hydrogens (tertiary/aromatic N) is 2. The first-order chi connectivity index (χ1) is 12.0. The average molecular weight is 410 g/mol. The van der Waals surface area contributed by atoms with Crippen molar-refractivity contribution in [2.24, 2.45) is 0 Å². The van der Waals surface area contributed by atoms with Crippen molar-refractivity contribution in [3.8, 4) is 11.5 Å². The molecule has 0 aliphatic heterocycles. The summed E-state index contributed by atoms with van der Waals surface area (Å²) < 4.78 is 13.9. The van der Waals surface area contributed by atoms with Gasteiger partial charge in [-0.3, -0.25) is 9.48 Å². The second-order valence-corrected chi connectivity index (χ2v) is 6.32. The Balaban J connectivity index is 1.88. The van der Waals surface area contributed by atoms with Crippen molar-refractivity contribution in [3.05, 3.63) is 40.1 Å². The first kappa shape index (κ1) is 19.3. The van der Waals surface area contributed by atoms with Crippen LogP contribution in [-0.4, -0.2) is 35.4 Å². The zero-order valence-corrected chi connectivity index (χ0v) is 16.4. The molecule has 25 heavy (non-hydrogen) atoms. The Morgan fingerprint density at radius 1 is 1.24 bits per heavy atom. The Kier molecular flexibility index (Phi) is 7.31. The maximum absolute atomic E-state index is 12.3.